The topological polar surface area (TPSA) is 59.4 Å². The van der Waals surface area contributed by atoms with Gasteiger partial charge in [-0.1, -0.05) is 36.8 Å². The first kappa shape index (κ1) is 23.1. The molecule has 5 rings (SSSR count). The Bertz CT molecular complexity index is 1270. The summed E-state index contributed by atoms with van der Waals surface area (Å²) in [5, 5.41) is 8.73. The summed E-state index contributed by atoms with van der Waals surface area (Å²) in [4.78, 5) is 15.3. The van der Waals surface area contributed by atoms with Gasteiger partial charge in [0.1, 0.15) is 11.5 Å². The number of carbonyl (C=O) groups is 1. The SMILES string of the molecule is CC1CCCCN1CCn1ncc2ccc(NC(=O)Cc3ccc(Oc4ccccc4)cc3)cc21. The highest BCUT2D eigenvalue weighted by Crippen LogP contribution is 2.23. The van der Waals surface area contributed by atoms with Gasteiger partial charge in [0.15, 0.2) is 0 Å². The van der Waals surface area contributed by atoms with Gasteiger partial charge < -0.3 is 10.1 Å². The lowest BCUT2D eigenvalue weighted by Crippen LogP contribution is -2.39. The van der Waals surface area contributed by atoms with Crippen LogP contribution in [0.2, 0.25) is 0 Å². The predicted molar refractivity (Wildman–Crippen MR) is 140 cm³/mol. The van der Waals surface area contributed by atoms with Crippen molar-refractivity contribution in [2.75, 3.05) is 18.4 Å². The number of likely N-dealkylation sites (tertiary alicyclic amines) is 1. The van der Waals surface area contributed by atoms with Gasteiger partial charge in [-0.05, 0) is 74.3 Å². The number of benzene rings is 3. The number of hydrogen-bond acceptors (Lipinski definition) is 4. The first-order valence-electron chi connectivity index (χ1n) is 12.5. The number of anilines is 1. The lowest BCUT2D eigenvalue weighted by molar-refractivity contribution is -0.115. The fourth-order valence-corrected chi connectivity index (χ4v) is 4.73. The molecule has 1 aromatic heterocycles. The second-order valence-electron chi connectivity index (χ2n) is 9.31. The van der Waals surface area contributed by atoms with Crippen LogP contribution in [-0.4, -0.2) is 39.7 Å². The molecule has 1 aliphatic heterocycles. The molecule has 1 unspecified atom stereocenters. The van der Waals surface area contributed by atoms with Gasteiger partial charge >= 0.3 is 0 Å². The molecule has 1 atom stereocenters. The molecule has 1 saturated heterocycles. The lowest BCUT2D eigenvalue weighted by atomic mass is 10.0. The number of nitrogens with zero attached hydrogens (tertiary/aromatic N) is 3. The number of carbonyl (C=O) groups excluding carboxylic acids is 1. The van der Waals surface area contributed by atoms with E-state index in [0.717, 1.165) is 46.7 Å². The van der Waals surface area contributed by atoms with Crippen LogP contribution in [0.25, 0.3) is 10.9 Å². The highest BCUT2D eigenvalue weighted by atomic mass is 16.5. The van der Waals surface area contributed by atoms with Crippen molar-refractivity contribution in [1.29, 1.82) is 0 Å². The standard InChI is InChI=1S/C29H32N4O2/c1-22-7-5-6-16-32(22)17-18-33-28-20-25(13-12-24(28)21-30-33)31-29(34)19-23-10-14-27(15-11-23)35-26-8-3-2-4-9-26/h2-4,8-15,20-22H,5-7,16-19H2,1H3,(H,31,34). The van der Waals surface area contributed by atoms with Crippen LogP contribution < -0.4 is 10.1 Å². The summed E-state index contributed by atoms with van der Waals surface area (Å²) in [6, 6.07) is 23.9. The van der Waals surface area contributed by atoms with E-state index in [4.69, 9.17) is 4.74 Å². The van der Waals surface area contributed by atoms with Crippen LogP contribution in [0.5, 0.6) is 11.5 Å². The first-order valence-corrected chi connectivity index (χ1v) is 12.5. The van der Waals surface area contributed by atoms with Crippen LogP contribution in [0.3, 0.4) is 0 Å². The van der Waals surface area contributed by atoms with Crippen molar-refractivity contribution >= 4 is 22.5 Å². The summed E-state index contributed by atoms with van der Waals surface area (Å²) in [5.41, 5.74) is 2.78. The minimum Gasteiger partial charge on any atom is -0.457 e. The number of nitrogens with one attached hydrogen (secondary N) is 1. The zero-order valence-corrected chi connectivity index (χ0v) is 20.2. The number of ether oxygens (including phenoxy) is 1. The van der Waals surface area contributed by atoms with E-state index >= 15 is 0 Å². The van der Waals surface area contributed by atoms with Gasteiger partial charge in [-0.25, -0.2) is 0 Å². The number of rotatable bonds is 8. The summed E-state index contributed by atoms with van der Waals surface area (Å²) >= 11 is 0. The van der Waals surface area contributed by atoms with Gasteiger partial charge in [-0.3, -0.25) is 14.4 Å². The summed E-state index contributed by atoms with van der Waals surface area (Å²) < 4.78 is 7.88. The molecule has 2 heterocycles. The Kier molecular flexibility index (Phi) is 7.09. The normalized spacial score (nSPS) is 16.3. The van der Waals surface area contributed by atoms with Crippen LogP contribution in [0.15, 0.2) is 79.0 Å². The molecule has 0 spiro atoms. The number of para-hydroxylation sites is 1. The average molecular weight is 469 g/mol. The van der Waals surface area contributed by atoms with Gasteiger partial charge in [0.05, 0.1) is 24.7 Å². The van der Waals surface area contributed by atoms with Crippen molar-refractivity contribution in [1.82, 2.24) is 14.7 Å². The molecule has 1 fully saturated rings. The third-order valence-corrected chi connectivity index (χ3v) is 6.74. The summed E-state index contributed by atoms with van der Waals surface area (Å²) in [7, 11) is 0. The fraction of sp³-hybridized carbons (Fsp3) is 0.310. The van der Waals surface area contributed by atoms with Crippen molar-refractivity contribution in [2.45, 2.75) is 45.2 Å². The second-order valence-corrected chi connectivity index (χ2v) is 9.31. The number of hydrogen-bond donors (Lipinski definition) is 1. The summed E-state index contributed by atoms with van der Waals surface area (Å²) in [6.07, 6.45) is 6.09. The number of fused-ring (bicyclic) bond motifs is 1. The van der Waals surface area contributed by atoms with E-state index < -0.39 is 0 Å². The molecule has 1 N–H and O–H groups in total. The Morgan fingerprint density at radius 1 is 1.00 bits per heavy atom. The van der Waals surface area contributed by atoms with Gasteiger partial charge in [-0.15, -0.1) is 0 Å². The van der Waals surface area contributed by atoms with E-state index in [-0.39, 0.29) is 5.91 Å². The maximum atomic E-state index is 12.7. The molecule has 3 aromatic carbocycles. The van der Waals surface area contributed by atoms with E-state index in [0.29, 0.717) is 12.5 Å². The second kappa shape index (κ2) is 10.7. The highest BCUT2D eigenvalue weighted by molar-refractivity contribution is 5.94. The molecule has 180 valence electrons. The molecule has 4 aromatic rings. The van der Waals surface area contributed by atoms with E-state index in [1.165, 1.54) is 25.8 Å². The number of amides is 1. The zero-order chi connectivity index (χ0) is 24.0. The van der Waals surface area contributed by atoms with Gasteiger partial charge in [0, 0.05) is 23.7 Å². The molecule has 0 saturated carbocycles. The third-order valence-electron chi connectivity index (χ3n) is 6.74. The van der Waals surface area contributed by atoms with Crippen LogP contribution in [0.4, 0.5) is 5.69 Å². The Balaban J connectivity index is 1.19. The summed E-state index contributed by atoms with van der Waals surface area (Å²) in [5.74, 6) is 1.49. The Morgan fingerprint density at radius 2 is 1.80 bits per heavy atom. The maximum absolute atomic E-state index is 12.7. The molecule has 0 aliphatic carbocycles. The van der Waals surface area contributed by atoms with Crippen molar-refractivity contribution in [3.8, 4) is 11.5 Å². The Labute approximate surface area is 206 Å². The molecule has 0 bridgehead atoms. The van der Waals surface area contributed by atoms with Crippen molar-refractivity contribution in [3.63, 3.8) is 0 Å². The summed E-state index contributed by atoms with van der Waals surface area (Å²) in [6.45, 7) is 5.33. The predicted octanol–water partition coefficient (Wildman–Crippen LogP) is 5.88. The van der Waals surface area contributed by atoms with E-state index in [1.807, 2.05) is 79.0 Å². The van der Waals surface area contributed by atoms with Crippen molar-refractivity contribution in [2.24, 2.45) is 0 Å². The average Bonchev–Trinajstić information content (AvgIpc) is 3.27. The van der Waals surface area contributed by atoms with Crippen molar-refractivity contribution < 1.29 is 9.53 Å². The molecule has 6 heteroatoms. The molecule has 1 aliphatic rings. The monoisotopic (exact) mass is 468 g/mol. The van der Waals surface area contributed by atoms with E-state index in [1.54, 1.807) is 0 Å². The fourth-order valence-electron chi connectivity index (χ4n) is 4.73. The molecule has 35 heavy (non-hydrogen) atoms. The molecule has 1 amide bonds. The van der Waals surface area contributed by atoms with Gasteiger partial charge in [0.2, 0.25) is 5.91 Å². The van der Waals surface area contributed by atoms with Gasteiger partial charge in [0.25, 0.3) is 0 Å². The Morgan fingerprint density at radius 3 is 2.60 bits per heavy atom. The van der Waals surface area contributed by atoms with Gasteiger partial charge in [-0.2, -0.15) is 5.10 Å². The minimum atomic E-state index is -0.0470. The lowest BCUT2D eigenvalue weighted by Gasteiger charge is -2.33. The van der Waals surface area contributed by atoms with Crippen LogP contribution >= 0.6 is 0 Å². The molecule has 6 nitrogen and oxygen atoms in total. The maximum Gasteiger partial charge on any atom is 0.228 e. The number of piperidine rings is 1. The highest BCUT2D eigenvalue weighted by Gasteiger charge is 2.18. The largest absolute Gasteiger partial charge is 0.457 e. The first-order chi connectivity index (χ1) is 17.1. The van der Waals surface area contributed by atoms with Crippen molar-refractivity contribution in [3.05, 3.63) is 84.6 Å². The van der Waals surface area contributed by atoms with E-state index in [2.05, 4.69) is 26.9 Å². The quantitative estimate of drug-likeness (QED) is 0.351. The van der Waals surface area contributed by atoms with Crippen LogP contribution in [0.1, 0.15) is 31.7 Å². The smallest absolute Gasteiger partial charge is 0.228 e. The Hall–Kier alpha value is -3.64. The zero-order valence-electron chi connectivity index (χ0n) is 20.2. The number of aromatic nitrogens is 2. The van der Waals surface area contributed by atoms with Crippen LogP contribution in [0, 0.1) is 0 Å². The van der Waals surface area contributed by atoms with E-state index in [9.17, 15) is 4.79 Å². The van der Waals surface area contributed by atoms with Crippen LogP contribution in [-0.2, 0) is 17.8 Å². The minimum absolute atomic E-state index is 0.0470. The molecular weight excluding hydrogens is 436 g/mol. The molecule has 0 radical (unpaired) electrons. The molecular formula is C29H32N4O2. The third kappa shape index (κ3) is 5.89.